The molecule has 1 aliphatic rings. The monoisotopic (exact) mass is 243 g/mol. The van der Waals surface area contributed by atoms with Crippen LogP contribution in [0.3, 0.4) is 0 Å². The van der Waals surface area contributed by atoms with Crippen LogP contribution < -0.4 is 0 Å². The molecule has 1 unspecified atom stereocenters. The molecule has 1 N–H and O–H groups in total. The zero-order chi connectivity index (χ0) is 12.9. The summed E-state index contributed by atoms with van der Waals surface area (Å²) in [4.78, 5) is 24.5. The smallest absolute Gasteiger partial charge is 0.311 e. The van der Waals surface area contributed by atoms with Crippen LogP contribution >= 0.6 is 0 Å². The highest BCUT2D eigenvalue weighted by Crippen LogP contribution is 2.29. The zero-order valence-corrected chi connectivity index (χ0v) is 10.6. The molecule has 0 saturated carbocycles. The van der Waals surface area contributed by atoms with E-state index in [1.165, 1.54) is 0 Å². The molecule has 17 heavy (non-hydrogen) atoms. The number of carboxylic acid groups (broad SMARTS) is 1. The Balaban J connectivity index is 2.49. The summed E-state index contributed by atoms with van der Waals surface area (Å²) in [5.41, 5.74) is -0.807. The second kappa shape index (κ2) is 6.00. The van der Waals surface area contributed by atoms with Crippen LogP contribution in [-0.4, -0.2) is 48.2 Å². The zero-order valence-electron chi connectivity index (χ0n) is 10.6. The molecule has 0 spiro atoms. The van der Waals surface area contributed by atoms with Gasteiger partial charge >= 0.3 is 5.97 Å². The number of hydrogen-bond acceptors (Lipinski definition) is 3. The molecule has 0 radical (unpaired) electrons. The van der Waals surface area contributed by atoms with Crippen LogP contribution in [0.25, 0.3) is 0 Å². The molecule has 5 nitrogen and oxygen atoms in total. The highest BCUT2D eigenvalue weighted by Gasteiger charge is 2.39. The Hall–Kier alpha value is -1.10. The molecule has 0 aromatic rings. The third kappa shape index (κ3) is 3.70. The van der Waals surface area contributed by atoms with Gasteiger partial charge in [0.1, 0.15) is 6.61 Å². The molecule has 0 aromatic heterocycles. The minimum atomic E-state index is -0.829. The first kappa shape index (κ1) is 14.0. The van der Waals surface area contributed by atoms with E-state index in [2.05, 4.69) is 0 Å². The minimum Gasteiger partial charge on any atom is -0.481 e. The van der Waals surface area contributed by atoms with Crippen LogP contribution in [0.4, 0.5) is 0 Å². The Morgan fingerprint density at radius 2 is 2.18 bits per heavy atom. The number of nitrogens with zero attached hydrogens (tertiary/aromatic N) is 1. The lowest BCUT2D eigenvalue weighted by atomic mass is 9.82. The topological polar surface area (TPSA) is 66.8 Å². The molecule has 1 aliphatic heterocycles. The predicted octanol–water partition coefficient (Wildman–Crippen LogP) is 1.13. The Kier molecular flexibility index (Phi) is 4.93. The molecule has 1 saturated heterocycles. The largest absolute Gasteiger partial charge is 0.481 e. The maximum Gasteiger partial charge on any atom is 0.311 e. The van der Waals surface area contributed by atoms with E-state index in [0.717, 1.165) is 12.8 Å². The summed E-state index contributed by atoms with van der Waals surface area (Å²) in [6.07, 6.45) is 2.24. The van der Waals surface area contributed by atoms with Gasteiger partial charge in [-0.15, -0.1) is 0 Å². The number of carbonyl (C=O) groups excluding carboxylic acids is 1. The Bertz CT molecular complexity index is 292. The van der Waals surface area contributed by atoms with Gasteiger partial charge in [0.25, 0.3) is 0 Å². The summed E-state index contributed by atoms with van der Waals surface area (Å²) in [7, 11) is 0. The van der Waals surface area contributed by atoms with Crippen LogP contribution in [0.2, 0.25) is 0 Å². The first-order valence-corrected chi connectivity index (χ1v) is 6.08. The summed E-state index contributed by atoms with van der Waals surface area (Å²) in [5.74, 6) is -0.935. The van der Waals surface area contributed by atoms with Crippen LogP contribution in [0.5, 0.6) is 0 Å². The van der Waals surface area contributed by atoms with Crippen LogP contribution in [0, 0.1) is 5.41 Å². The number of aliphatic carboxylic acids is 1. The lowest BCUT2D eigenvalue weighted by molar-refractivity contribution is -0.154. The molecule has 0 aliphatic carbocycles. The van der Waals surface area contributed by atoms with E-state index < -0.39 is 11.4 Å². The van der Waals surface area contributed by atoms with E-state index in [9.17, 15) is 9.59 Å². The van der Waals surface area contributed by atoms with Crippen molar-refractivity contribution in [1.82, 2.24) is 4.90 Å². The Labute approximate surface area is 102 Å². The van der Waals surface area contributed by atoms with Crippen LogP contribution in [0.1, 0.15) is 33.1 Å². The Morgan fingerprint density at radius 3 is 2.76 bits per heavy atom. The van der Waals surface area contributed by atoms with Gasteiger partial charge in [0.05, 0.1) is 5.41 Å². The van der Waals surface area contributed by atoms with Gasteiger partial charge < -0.3 is 14.7 Å². The average molecular weight is 243 g/mol. The van der Waals surface area contributed by atoms with Gasteiger partial charge in [-0.3, -0.25) is 9.59 Å². The summed E-state index contributed by atoms with van der Waals surface area (Å²) in [5, 5.41) is 9.14. The van der Waals surface area contributed by atoms with Gasteiger partial charge in [-0.05, 0) is 26.2 Å². The van der Waals surface area contributed by atoms with Gasteiger partial charge in [-0.25, -0.2) is 0 Å². The van der Waals surface area contributed by atoms with Crippen molar-refractivity contribution >= 4 is 11.9 Å². The normalized spacial score (nSPS) is 24.7. The maximum atomic E-state index is 11.8. The second-order valence-electron chi connectivity index (χ2n) is 4.84. The standard InChI is InChI=1S/C12H21NO4/c1-3-7-17-8-10(14)13-6-4-5-12(2,9-13)11(15)16/h3-9H2,1-2H3,(H,15,16). The molecule has 1 atom stereocenters. The van der Waals surface area contributed by atoms with E-state index in [4.69, 9.17) is 9.84 Å². The summed E-state index contributed by atoms with van der Waals surface area (Å²) in [6.45, 7) is 5.22. The van der Waals surface area contributed by atoms with Crippen molar-refractivity contribution in [2.45, 2.75) is 33.1 Å². The fourth-order valence-corrected chi connectivity index (χ4v) is 2.02. The molecule has 98 valence electrons. The molecule has 5 heteroatoms. The number of piperidine rings is 1. The van der Waals surface area contributed by atoms with Gasteiger partial charge in [0.2, 0.25) is 5.91 Å². The van der Waals surface area contributed by atoms with Crippen molar-refractivity contribution in [1.29, 1.82) is 0 Å². The highest BCUT2D eigenvalue weighted by atomic mass is 16.5. The van der Waals surface area contributed by atoms with Gasteiger partial charge in [-0.2, -0.15) is 0 Å². The lowest BCUT2D eigenvalue weighted by Gasteiger charge is -2.37. The molecule has 1 rings (SSSR count). The first-order chi connectivity index (χ1) is 7.99. The molecular formula is C12H21NO4. The molecule has 0 bridgehead atoms. The van der Waals surface area contributed by atoms with Gasteiger partial charge in [-0.1, -0.05) is 6.92 Å². The third-order valence-electron chi connectivity index (χ3n) is 3.14. The van der Waals surface area contributed by atoms with Crippen molar-refractivity contribution in [3.05, 3.63) is 0 Å². The maximum absolute atomic E-state index is 11.8. The van der Waals surface area contributed by atoms with E-state index >= 15 is 0 Å². The molecular weight excluding hydrogens is 222 g/mol. The number of likely N-dealkylation sites (tertiary alicyclic amines) is 1. The predicted molar refractivity (Wildman–Crippen MR) is 62.7 cm³/mol. The SMILES string of the molecule is CCCOCC(=O)N1CCCC(C)(C(=O)O)C1. The first-order valence-electron chi connectivity index (χ1n) is 6.08. The minimum absolute atomic E-state index is 0.0591. The summed E-state index contributed by atoms with van der Waals surface area (Å²) in [6, 6.07) is 0. The highest BCUT2D eigenvalue weighted by molar-refractivity contribution is 5.80. The van der Waals surface area contributed by atoms with Crippen molar-refractivity contribution < 1.29 is 19.4 Å². The van der Waals surface area contributed by atoms with Crippen molar-refractivity contribution in [2.24, 2.45) is 5.41 Å². The number of carboxylic acids is 1. The van der Waals surface area contributed by atoms with Gasteiger partial charge in [0.15, 0.2) is 0 Å². The summed E-state index contributed by atoms with van der Waals surface area (Å²) >= 11 is 0. The van der Waals surface area contributed by atoms with E-state index in [-0.39, 0.29) is 19.1 Å². The molecule has 1 amide bonds. The van der Waals surface area contributed by atoms with E-state index in [0.29, 0.717) is 19.6 Å². The third-order valence-corrected chi connectivity index (χ3v) is 3.14. The number of rotatable bonds is 5. The van der Waals surface area contributed by atoms with Gasteiger partial charge in [0, 0.05) is 19.7 Å². The Morgan fingerprint density at radius 1 is 1.47 bits per heavy atom. The fraction of sp³-hybridized carbons (Fsp3) is 0.833. The lowest BCUT2D eigenvalue weighted by Crippen LogP contribution is -2.49. The van der Waals surface area contributed by atoms with Crippen molar-refractivity contribution in [3.63, 3.8) is 0 Å². The molecule has 1 heterocycles. The molecule has 0 aromatic carbocycles. The van der Waals surface area contributed by atoms with E-state index in [1.807, 2.05) is 6.92 Å². The number of carbonyl (C=O) groups is 2. The number of hydrogen-bond donors (Lipinski definition) is 1. The number of amides is 1. The average Bonchev–Trinajstić information content (AvgIpc) is 2.29. The van der Waals surface area contributed by atoms with Crippen LogP contribution in [-0.2, 0) is 14.3 Å². The second-order valence-corrected chi connectivity index (χ2v) is 4.84. The fourth-order valence-electron chi connectivity index (χ4n) is 2.02. The number of ether oxygens (including phenoxy) is 1. The quantitative estimate of drug-likeness (QED) is 0.735. The van der Waals surface area contributed by atoms with E-state index in [1.54, 1.807) is 11.8 Å². The molecule has 1 fully saturated rings. The van der Waals surface area contributed by atoms with Crippen LogP contribution in [0.15, 0.2) is 0 Å². The van der Waals surface area contributed by atoms with Crippen molar-refractivity contribution in [3.8, 4) is 0 Å². The van der Waals surface area contributed by atoms with Crippen molar-refractivity contribution in [2.75, 3.05) is 26.3 Å². The summed E-state index contributed by atoms with van der Waals surface area (Å²) < 4.78 is 5.19.